The topological polar surface area (TPSA) is 58.6 Å². The van der Waals surface area contributed by atoms with Crippen molar-refractivity contribution in [2.75, 3.05) is 44.8 Å². The standard InChI is InChI=1S/C16H24N4O2/c1-22-9-8-20-12-13(11-15(20)21)10-14-16(18-5-4-17-14)19-6-2-3-7-19/h4-5,13H,2-3,6-12H2,1H3. The molecule has 0 aromatic carbocycles. The number of hydrogen-bond acceptors (Lipinski definition) is 5. The SMILES string of the molecule is COCCN1CC(Cc2nccnc2N2CCCC2)CC1=O. The fraction of sp³-hybridized carbons (Fsp3) is 0.688. The molecule has 0 radical (unpaired) electrons. The van der Waals surface area contributed by atoms with Crippen molar-refractivity contribution in [3.8, 4) is 0 Å². The molecule has 0 saturated carbocycles. The van der Waals surface area contributed by atoms with Gasteiger partial charge in [-0.3, -0.25) is 9.78 Å². The molecule has 1 unspecified atom stereocenters. The molecule has 6 nitrogen and oxygen atoms in total. The predicted molar refractivity (Wildman–Crippen MR) is 83.7 cm³/mol. The first-order valence-corrected chi connectivity index (χ1v) is 8.09. The van der Waals surface area contributed by atoms with Crippen LogP contribution in [0.3, 0.4) is 0 Å². The van der Waals surface area contributed by atoms with Crippen molar-refractivity contribution in [1.29, 1.82) is 0 Å². The van der Waals surface area contributed by atoms with Gasteiger partial charge in [-0.05, 0) is 25.2 Å². The molecule has 0 bridgehead atoms. The number of anilines is 1. The van der Waals surface area contributed by atoms with Crippen LogP contribution < -0.4 is 4.90 Å². The van der Waals surface area contributed by atoms with Crippen molar-refractivity contribution in [2.24, 2.45) is 5.92 Å². The molecule has 0 aliphatic carbocycles. The Hall–Kier alpha value is -1.69. The maximum absolute atomic E-state index is 12.0. The van der Waals surface area contributed by atoms with Gasteiger partial charge in [-0.25, -0.2) is 4.98 Å². The van der Waals surface area contributed by atoms with E-state index < -0.39 is 0 Å². The number of carbonyl (C=O) groups is 1. The largest absolute Gasteiger partial charge is 0.383 e. The lowest BCUT2D eigenvalue weighted by Gasteiger charge is -2.20. The van der Waals surface area contributed by atoms with Crippen molar-refractivity contribution >= 4 is 11.7 Å². The van der Waals surface area contributed by atoms with Crippen molar-refractivity contribution in [1.82, 2.24) is 14.9 Å². The highest BCUT2D eigenvalue weighted by molar-refractivity contribution is 5.78. The zero-order valence-corrected chi connectivity index (χ0v) is 13.2. The Labute approximate surface area is 131 Å². The summed E-state index contributed by atoms with van der Waals surface area (Å²) in [5, 5.41) is 0. The third-order valence-electron chi connectivity index (χ3n) is 4.50. The van der Waals surface area contributed by atoms with Crippen molar-refractivity contribution in [2.45, 2.75) is 25.7 Å². The summed E-state index contributed by atoms with van der Waals surface area (Å²) in [6.07, 6.45) is 7.41. The first-order chi connectivity index (χ1) is 10.8. The second-order valence-electron chi connectivity index (χ2n) is 6.13. The second-order valence-corrected chi connectivity index (χ2v) is 6.13. The van der Waals surface area contributed by atoms with Crippen molar-refractivity contribution in [3.05, 3.63) is 18.1 Å². The van der Waals surface area contributed by atoms with Gasteiger partial charge in [0.15, 0.2) is 0 Å². The summed E-state index contributed by atoms with van der Waals surface area (Å²) in [6.45, 7) is 4.22. The monoisotopic (exact) mass is 304 g/mol. The molecule has 2 aliphatic heterocycles. The molecule has 120 valence electrons. The molecule has 6 heteroatoms. The fourth-order valence-corrected chi connectivity index (χ4v) is 3.38. The third kappa shape index (κ3) is 3.38. The Morgan fingerprint density at radius 2 is 2.05 bits per heavy atom. The number of likely N-dealkylation sites (tertiary alicyclic amines) is 1. The highest BCUT2D eigenvalue weighted by Gasteiger charge is 2.30. The van der Waals surface area contributed by atoms with E-state index in [-0.39, 0.29) is 5.91 Å². The number of carbonyl (C=O) groups excluding carboxylic acids is 1. The Bertz CT molecular complexity index is 517. The highest BCUT2D eigenvalue weighted by atomic mass is 16.5. The summed E-state index contributed by atoms with van der Waals surface area (Å²) in [6, 6.07) is 0. The Morgan fingerprint density at radius 1 is 1.27 bits per heavy atom. The maximum Gasteiger partial charge on any atom is 0.223 e. The molecule has 1 atom stereocenters. The molecule has 1 amide bonds. The van der Waals surface area contributed by atoms with Gasteiger partial charge in [0.25, 0.3) is 0 Å². The lowest BCUT2D eigenvalue weighted by Crippen LogP contribution is -2.29. The molecule has 1 aromatic rings. The zero-order valence-electron chi connectivity index (χ0n) is 13.2. The van der Waals surface area contributed by atoms with Crippen LogP contribution in [0.25, 0.3) is 0 Å². The van der Waals surface area contributed by atoms with E-state index in [9.17, 15) is 4.79 Å². The van der Waals surface area contributed by atoms with Crippen molar-refractivity contribution < 1.29 is 9.53 Å². The van der Waals surface area contributed by atoms with Crippen molar-refractivity contribution in [3.63, 3.8) is 0 Å². The second kappa shape index (κ2) is 7.05. The van der Waals surface area contributed by atoms with Crippen LogP contribution in [0.1, 0.15) is 25.0 Å². The Kier molecular flexibility index (Phi) is 4.87. The van der Waals surface area contributed by atoms with Gasteiger partial charge >= 0.3 is 0 Å². The van der Waals surface area contributed by atoms with Gasteiger partial charge < -0.3 is 14.5 Å². The highest BCUT2D eigenvalue weighted by Crippen LogP contribution is 2.26. The molecule has 2 aliphatic rings. The number of nitrogens with zero attached hydrogens (tertiary/aromatic N) is 4. The molecule has 3 heterocycles. The Balaban J connectivity index is 1.65. The number of ether oxygens (including phenoxy) is 1. The van der Waals surface area contributed by atoms with Gasteiger partial charge in [0.2, 0.25) is 5.91 Å². The molecule has 0 spiro atoms. The minimum atomic E-state index is 0.230. The minimum absolute atomic E-state index is 0.230. The van der Waals surface area contributed by atoms with Crippen LogP contribution in [0, 0.1) is 5.92 Å². The number of amides is 1. The van der Waals surface area contributed by atoms with E-state index >= 15 is 0 Å². The van der Waals surface area contributed by atoms with E-state index in [1.807, 2.05) is 4.90 Å². The smallest absolute Gasteiger partial charge is 0.223 e. The van der Waals surface area contributed by atoms with E-state index in [1.54, 1.807) is 19.5 Å². The number of rotatable bonds is 6. The first kappa shape index (κ1) is 15.2. The number of aromatic nitrogens is 2. The predicted octanol–water partition coefficient (Wildman–Crippen LogP) is 1.11. The van der Waals surface area contributed by atoms with E-state index in [0.29, 0.717) is 25.5 Å². The molecular formula is C16H24N4O2. The summed E-state index contributed by atoms with van der Waals surface area (Å²) >= 11 is 0. The van der Waals surface area contributed by atoms with E-state index in [4.69, 9.17) is 4.74 Å². The number of hydrogen-bond donors (Lipinski definition) is 0. The van der Waals surface area contributed by atoms with Gasteiger partial charge in [0, 0.05) is 52.1 Å². The molecular weight excluding hydrogens is 280 g/mol. The van der Waals surface area contributed by atoms with E-state index in [0.717, 1.165) is 37.6 Å². The molecule has 3 rings (SSSR count). The van der Waals surface area contributed by atoms with Crippen LogP contribution in [0.15, 0.2) is 12.4 Å². The van der Waals surface area contributed by atoms with Crippen LogP contribution in [-0.2, 0) is 16.0 Å². The minimum Gasteiger partial charge on any atom is -0.383 e. The lowest BCUT2D eigenvalue weighted by atomic mass is 10.0. The molecule has 2 fully saturated rings. The summed E-state index contributed by atoms with van der Waals surface area (Å²) in [5.41, 5.74) is 1.04. The van der Waals surface area contributed by atoms with E-state index in [2.05, 4.69) is 14.9 Å². The normalized spacial score (nSPS) is 21.9. The summed E-state index contributed by atoms with van der Waals surface area (Å²) in [4.78, 5) is 25.3. The van der Waals surface area contributed by atoms with Crippen LogP contribution >= 0.6 is 0 Å². The van der Waals surface area contributed by atoms with E-state index in [1.165, 1.54) is 12.8 Å². The van der Waals surface area contributed by atoms with Gasteiger partial charge in [0.05, 0.1) is 12.3 Å². The zero-order chi connectivity index (χ0) is 15.4. The Morgan fingerprint density at radius 3 is 2.82 bits per heavy atom. The van der Waals surface area contributed by atoms with Gasteiger partial charge in [0.1, 0.15) is 5.82 Å². The lowest BCUT2D eigenvalue weighted by molar-refractivity contribution is -0.128. The van der Waals surface area contributed by atoms with Crippen LogP contribution in [0.2, 0.25) is 0 Å². The average molecular weight is 304 g/mol. The van der Waals surface area contributed by atoms with Crippen LogP contribution in [0.5, 0.6) is 0 Å². The summed E-state index contributed by atoms with van der Waals surface area (Å²) in [5.74, 6) is 1.58. The summed E-state index contributed by atoms with van der Waals surface area (Å²) < 4.78 is 5.07. The number of methoxy groups -OCH3 is 1. The average Bonchev–Trinajstić information content (AvgIpc) is 3.16. The van der Waals surface area contributed by atoms with Gasteiger partial charge in [-0.15, -0.1) is 0 Å². The van der Waals surface area contributed by atoms with Gasteiger partial charge in [-0.1, -0.05) is 0 Å². The fourth-order valence-electron chi connectivity index (χ4n) is 3.38. The van der Waals surface area contributed by atoms with Crippen LogP contribution in [-0.4, -0.2) is 60.7 Å². The third-order valence-corrected chi connectivity index (χ3v) is 4.50. The van der Waals surface area contributed by atoms with Gasteiger partial charge in [-0.2, -0.15) is 0 Å². The maximum atomic E-state index is 12.0. The first-order valence-electron chi connectivity index (χ1n) is 8.09. The molecule has 1 aromatic heterocycles. The molecule has 22 heavy (non-hydrogen) atoms. The summed E-state index contributed by atoms with van der Waals surface area (Å²) in [7, 11) is 1.67. The molecule has 2 saturated heterocycles. The van der Waals surface area contributed by atoms with Crippen LogP contribution in [0.4, 0.5) is 5.82 Å². The quantitative estimate of drug-likeness (QED) is 0.788. The molecule has 0 N–H and O–H groups in total.